The van der Waals surface area contributed by atoms with Crippen LogP contribution in [0.15, 0.2) is 12.2 Å². The van der Waals surface area contributed by atoms with Crippen molar-refractivity contribution < 1.29 is 5.11 Å². The molecule has 2 heteroatoms. The lowest BCUT2D eigenvalue weighted by Crippen LogP contribution is -2.47. The molecule has 0 radical (unpaired) electrons. The van der Waals surface area contributed by atoms with E-state index in [2.05, 4.69) is 30.9 Å². The Morgan fingerprint density at radius 1 is 1.46 bits per heavy atom. The minimum atomic E-state index is -0.100. The monoisotopic (exact) mass is 183 g/mol. The van der Waals surface area contributed by atoms with E-state index in [1.165, 1.54) is 0 Å². The maximum Gasteiger partial charge on any atom is 0.0592 e. The fourth-order valence-electron chi connectivity index (χ4n) is 1.90. The van der Waals surface area contributed by atoms with E-state index in [1.807, 2.05) is 6.92 Å². The van der Waals surface area contributed by atoms with Crippen molar-refractivity contribution >= 4 is 0 Å². The SMILES string of the molecule is CC=CCN1CC(C)C(O)CC1C. The van der Waals surface area contributed by atoms with Gasteiger partial charge >= 0.3 is 0 Å². The van der Waals surface area contributed by atoms with Crippen LogP contribution >= 0.6 is 0 Å². The highest BCUT2D eigenvalue weighted by atomic mass is 16.3. The van der Waals surface area contributed by atoms with Crippen LogP contribution in [0, 0.1) is 5.92 Å². The lowest BCUT2D eigenvalue weighted by Gasteiger charge is -2.39. The van der Waals surface area contributed by atoms with Crippen molar-refractivity contribution in [3.05, 3.63) is 12.2 Å². The van der Waals surface area contributed by atoms with E-state index in [1.54, 1.807) is 0 Å². The van der Waals surface area contributed by atoms with Gasteiger partial charge in [0.1, 0.15) is 0 Å². The Bertz CT molecular complexity index is 179. The highest BCUT2D eigenvalue weighted by Crippen LogP contribution is 2.21. The Morgan fingerprint density at radius 3 is 2.77 bits per heavy atom. The summed E-state index contributed by atoms with van der Waals surface area (Å²) in [6.45, 7) is 8.41. The molecule has 0 aromatic carbocycles. The van der Waals surface area contributed by atoms with Gasteiger partial charge in [-0.25, -0.2) is 0 Å². The normalized spacial score (nSPS) is 37.1. The van der Waals surface area contributed by atoms with E-state index in [0.29, 0.717) is 12.0 Å². The van der Waals surface area contributed by atoms with Gasteiger partial charge < -0.3 is 5.11 Å². The summed E-state index contributed by atoms with van der Waals surface area (Å²) in [6.07, 6.45) is 5.08. The number of rotatable bonds is 2. The molecule has 1 heterocycles. The van der Waals surface area contributed by atoms with E-state index in [-0.39, 0.29) is 6.10 Å². The lowest BCUT2D eigenvalue weighted by atomic mass is 9.92. The van der Waals surface area contributed by atoms with Crippen molar-refractivity contribution in [2.75, 3.05) is 13.1 Å². The number of allylic oxidation sites excluding steroid dienone is 1. The number of piperidine rings is 1. The summed E-state index contributed by atoms with van der Waals surface area (Å²) in [7, 11) is 0. The maximum atomic E-state index is 9.65. The molecule has 1 fully saturated rings. The Kier molecular flexibility index (Phi) is 3.94. The van der Waals surface area contributed by atoms with Crippen LogP contribution in [-0.4, -0.2) is 35.2 Å². The first-order chi connectivity index (χ1) is 6.15. The minimum Gasteiger partial charge on any atom is -0.393 e. The topological polar surface area (TPSA) is 23.5 Å². The molecule has 0 spiro atoms. The molecule has 76 valence electrons. The van der Waals surface area contributed by atoms with Crippen molar-refractivity contribution in [2.45, 2.75) is 39.3 Å². The molecule has 3 atom stereocenters. The predicted molar refractivity (Wildman–Crippen MR) is 55.6 cm³/mol. The number of likely N-dealkylation sites (tertiary alicyclic amines) is 1. The van der Waals surface area contributed by atoms with Gasteiger partial charge in [-0.1, -0.05) is 19.1 Å². The zero-order valence-corrected chi connectivity index (χ0v) is 8.90. The molecule has 0 amide bonds. The molecule has 0 bridgehead atoms. The van der Waals surface area contributed by atoms with Gasteiger partial charge in [-0.2, -0.15) is 0 Å². The first-order valence-corrected chi connectivity index (χ1v) is 5.18. The van der Waals surface area contributed by atoms with Crippen LogP contribution in [0.25, 0.3) is 0 Å². The van der Waals surface area contributed by atoms with Crippen LogP contribution in [0.4, 0.5) is 0 Å². The average molecular weight is 183 g/mol. The molecule has 0 aromatic heterocycles. The first-order valence-electron chi connectivity index (χ1n) is 5.18. The van der Waals surface area contributed by atoms with Gasteiger partial charge in [0.05, 0.1) is 6.10 Å². The predicted octanol–water partition coefficient (Wildman–Crippen LogP) is 1.65. The molecule has 1 N–H and O–H groups in total. The number of aliphatic hydroxyl groups is 1. The van der Waals surface area contributed by atoms with Crippen LogP contribution in [0.2, 0.25) is 0 Å². The van der Waals surface area contributed by atoms with Crippen molar-refractivity contribution in [3.63, 3.8) is 0 Å². The molecule has 1 aliphatic heterocycles. The van der Waals surface area contributed by atoms with Crippen LogP contribution in [0.5, 0.6) is 0 Å². The molecule has 1 aliphatic rings. The quantitative estimate of drug-likeness (QED) is 0.658. The minimum absolute atomic E-state index is 0.100. The van der Waals surface area contributed by atoms with Crippen LogP contribution in [0.1, 0.15) is 27.2 Å². The number of nitrogens with zero attached hydrogens (tertiary/aromatic N) is 1. The lowest BCUT2D eigenvalue weighted by molar-refractivity contribution is 0.0109. The maximum absolute atomic E-state index is 9.65. The van der Waals surface area contributed by atoms with E-state index >= 15 is 0 Å². The highest BCUT2D eigenvalue weighted by molar-refractivity contribution is 4.88. The Labute approximate surface area is 81.2 Å². The summed E-state index contributed by atoms with van der Waals surface area (Å²) in [6, 6.07) is 0.516. The van der Waals surface area contributed by atoms with Crippen LogP contribution in [-0.2, 0) is 0 Å². The summed E-state index contributed by atoms with van der Waals surface area (Å²) in [5.74, 6) is 0.418. The number of hydrogen-bond donors (Lipinski definition) is 1. The Morgan fingerprint density at radius 2 is 2.15 bits per heavy atom. The van der Waals surface area contributed by atoms with Gasteiger partial charge in [0.25, 0.3) is 0 Å². The van der Waals surface area contributed by atoms with Gasteiger partial charge in [-0.05, 0) is 26.2 Å². The molecule has 3 unspecified atom stereocenters. The van der Waals surface area contributed by atoms with E-state index in [0.717, 1.165) is 19.5 Å². The second kappa shape index (κ2) is 4.77. The smallest absolute Gasteiger partial charge is 0.0592 e. The molecule has 0 aliphatic carbocycles. The third-order valence-corrected chi connectivity index (χ3v) is 2.96. The van der Waals surface area contributed by atoms with E-state index in [9.17, 15) is 5.11 Å². The van der Waals surface area contributed by atoms with Gasteiger partial charge in [0, 0.05) is 19.1 Å². The summed E-state index contributed by atoms with van der Waals surface area (Å²) < 4.78 is 0. The third kappa shape index (κ3) is 2.82. The molecular weight excluding hydrogens is 162 g/mol. The first kappa shape index (κ1) is 10.7. The standard InChI is InChI=1S/C11H21NO/c1-4-5-6-12-8-9(2)11(13)7-10(12)3/h4-5,9-11,13H,6-8H2,1-3H3. The zero-order valence-electron chi connectivity index (χ0n) is 8.90. The van der Waals surface area contributed by atoms with Gasteiger partial charge in [0.15, 0.2) is 0 Å². The molecular formula is C11H21NO. The number of hydrogen-bond acceptors (Lipinski definition) is 2. The van der Waals surface area contributed by atoms with Crippen molar-refractivity contribution in [1.82, 2.24) is 4.90 Å². The Hall–Kier alpha value is -0.340. The van der Waals surface area contributed by atoms with Crippen molar-refractivity contribution in [1.29, 1.82) is 0 Å². The molecule has 1 saturated heterocycles. The average Bonchev–Trinajstić information content (AvgIpc) is 2.09. The van der Waals surface area contributed by atoms with Gasteiger partial charge in [-0.3, -0.25) is 4.90 Å². The summed E-state index contributed by atoms with van der Waals surface area (Å²) >= 11 is 0. The molecule has 0 aromatic rings. The fraction of sp³-hybridized carbons (Fsp3) is 0.818. The molecule has 2 nitrogen and oxygen atoms in total. The van der Waals surface area contributed by atoms with E-state index < -0.39 is 0 Å². The molecule has 1 rings (SSSR count). The zero-order chi connectivity index (χ0) is 9.84. The Balaban J connectivity index is 2.46. The highest BCUT2D eigenvalue weighted by Gasteiger charge is 2.28. The largest absolute Gasteiger partial charge is 0.393 e. The second-order valence-electron chi connectivity index (χ2n) is 4.15. The summed E-state index contributed by atoms with van der Waals surface area (Å²) in [5.41, 5.74) is 0. The third-order valence-electron chi connectivity index (χ3n) is 2.96. The second-order valence-corrected chi connectivity index (χ2v) is 4.15. The summed E-state index contributed by atoms with van der Waals surface area (Å²) in [5, 5.41) is 9.65. The van der Waals surface area contributed by atoms with Crippen LogP contribution in [0.3, 0.4) is 0 Å². The van der Waals surface area contributed by atoms with E-state index in [4.69, 9.17) is 0 Å². The van der Waals surface area contributed by atoms with Gasteiger partial charge in [0.2, 0.25) is 0 Å². The molecule has 13 heavy (non-hydrogen) atoms. The van der Waals surface area contributed by atoms with Crippen molar-refractivity contribution in [3.8, 4) is 0 Å². The summed E-state index contributed by atoms with van der Waals surface area (Å²) in [4.78, 5) is 2.43. The van der Waals surface area contributed by atoms with Gasteiger partial charge in [-0.15, -0.1) is 0 Å². The number of aliphatic hydroxyl groups excluding tert-OH is 1. The molecule has 0 saturated carbocycles. The fourth-order valence-corrected chi connectivity index (χ4v) is 1.90. The van der Waals surface area contributed by atoms with Crippen molar-refractivity contribution in [2.24, 2.45) is 5.92 Å². The van der Waals surface area contributed by atoms with Crippen LogP contribution < -0.4 is 0 Å².